The highest BCUT2D eigenvalue weighted by Gasteiger charge is 2.26. The second-order valence-electron chi connectivity index (χ2n) is 5.97. The van der Waals surface area contributed by atoms with E-state index < -0.39 is 0 Å². The van der Waals surface area contributed by atoms with Crippen LogP contribution in [0.3, 0.4) is 0 Å². The van der Waals surface area contributed by atoms with Gasteiger partial charge in [-0.25, -0.2) is 0 Å². The van der Waals surface area contributed by atoms with Crippen molar-refractivity contribution in [2.24, 2.45) is 11.8 Å². The van der Waals surface area contributed by atoms with Crippen molar-refractivity contribution >= 4 is 45.8 Å². The molecule has 0 aliphatic heterocycles. The van der Waals surface area contributed by atoms with Gasteiger partial charge < -0.3 is 5.32 Å². The number of unbranched alkanes of at least 4 members (excludes halogenated alkanes) is 1. The van der Waals surface area contributed by atoms with E-state index >= 15 is 0 Å². The zero-order chi connectivity index (χ0) is 15.2. The van der Waals surface area contributed by atoms with Crippen LogP contribution in [0, 0.1) is 15.4 Å². The van der Waals surface area contributed by atoms with Crippen LogP contribution < -0.4 is 5.32 Å². The third-order valence-corrected chi connectivity index (χ3v) is 5.50. The molecule has 1 N–H and O–H groups in total. The maximum Gasteiger partial charge on any atom is 0.227 e. The topological polar surface area (TPSA) is 29.1 Å². The Morgan fingerprint density at radius 2 is 2.05 bits per heavy atom. The molecule has 1 aromatic rings. The lowest BCUT2D eigenvalue weighted by molar-refractivity contribution is -0.121. The number of nitrogens with one attached hydrogen (secondary N) is 1. The molecular formula is C17H23ClINO. The minimum Gasteiger partial charge on any atom is -0.325 e. The summed E-state index contributed by atoms with van der Waals surface area (Å²) < 4.78 is 0.991. The molecule has 0 unspecified atom stereocenters. The van der Waals surface area contributed by atoms with Crippen LogP contribution in [0.4, 0.5) is 5.69 Å². The molecule has 21 heavy (non-hydrogen) atoms. The summed E-state index contributed by atoms with van der Waals surface area (Å²) in [7, 11) is 0. The first-order chi connectivity index (χ1) is 10.1. The monoisotopic (exact) mass is 419 g/mol. The van der Waals surface area contributed by atoms with Gasteiger partial charge in [0.1, 0.15) is 0 Å². The third kappa shape index (κ3) is 5.13. The number of carbonyl (C=O) groups is 1. The summed E-state index contributed by atoms with van der Waals surface area (Å²) in [5.74, 6) is 1.18. The number of hydrogen-bond acceptors (Lipinski definition) is 1. The van der Waals surface area contributed by atoms with Crippen molar-refractivity contribution in [2.75, 3.05) is 5.32 Å². The first-order valence-corrected chi connectivity index (χ1v) is 9.31. The maximum absolute atomic E-state index is 12.4. The molecule has 1 amide bonds. The van der Waals surface area contributed by atoms with E-state index in [2.05, 4.69) is 34.8 Å². The van der Waals surface area contributed by atoms with Crippen molar-refractivity contribution in [3.63, 3.8) is 0 Å². The van der Waals surface area contributed by atoms with Gasteiger partial charge in [-0.1, -0.05) is 37.8 Å². The molecular weight excluding hydrogens is 397 g/mol. The summed E-state index contributed by atoms with van der Waals surface area (Å²) in [6.45, 7) is 2.24. The molecule has 0 spiro atoms. The fourth-order valence-corrected chi connectivity index (χ4v) is 4.04. The van der Waals surface area contributed by atoms with Gasteiger partial charge in [-0.2, -0.15) is 0 Å². The molecule has 0 atom stereocenters. The normalized spacial score (nSPS) is 22.0. The number of rotatable bonds is 5. The molecule has 2 rings (SSSR count). The van der Waals surface area contributed by atoms with Gasteiger partial charge >= 0.3 is 0 Å². The molecule has 0 radical (unpaired) electrons. The number of halogens is 2. The highest BCUT2D eigenvalue weighted by Crippen LogP contribution is 2.33. The Bertz CT molecular complexity index is 484. The van der Waals surface area contributed by atoms with Crippen LogP contribution in [0.25, 0.3) is 0 Å². The Hall–Kier alpha value is -0.290. The van der Waals surface area contributed by atoms with E-state index in [1.165, 1.54) is 32.1 Å². The Morgan fingerprint density at radius 3 is 2.67 bits per heavy atom. The van der Waals surface area contributed by atoms with E-state index in [0.29, 0.717) is 5.02 Å². The molecule has 1 fully saturated rings. The van der Waals surface area contributed by atoms with Crippen LogP contribution in [0.5, 0.6) is 0 Å². The zero-order valence-electron chi connectivity index (χ0n) is 12.5. The first-order valence-electron chi connectivity index (χ1n) is 7.86. The van der Waals surface area contributed by atoms with Crippen LogP contribution >= 0.6 is 34.2 Å². The van der Waals surface area contributed by atoms with Crippen molar-refractivity contribution in [1.29, 1.82) is 0 Å². The van der Waals surface area contributed by atoms with Gasteiger partial charge in [-0.05, 0) is 72.4 Å². The number of hydrogen-bond donors (Lipinski definition) is 1. The Kier molecular flexibility index (Phi) is 6.80. The minimum absolute atomic E-state index is 0.171. The average Bonchev–Trinajstić information content (AvgIpc) is 2.48. The summed E-state index contributed by atoms with van der Waals surface area (Å²) in [6, 6.07) is 5.58. The van der Waals surface area contributed by atoms with E-state index in [1.807, 2.05) is 18.2 Å². The van der Waals surface area contributed by atoms with Crippen LogP contribution in [-0.4, -0.2) is 5.91 Å². The Labute approximate surface area is 146 Å². The first kappa shape index (κ1) is 17.1. The molecule has 116 valence electrons. The van der Waals surface area contributed by atoms with Crippen molar-refractivity contribution in [3.8, 4) is 0 Å². The van der Waals surface area contributed by atoms with Crippen molar-refractivity contribution in [3.05, 3.63) is 26.8 Å². The number of anilines is 1. The lowest BCUT2D eigenvalue weighted by Crippen LogP contribution is -2.27. The molecule has 1 aliphatic carbocycles. The van der Waals surface area contributed by atoms with Crippen molar-refractivity contribution in [2.45, 2.75) is 51.9 Å². The van der Waals surface area contributed by atoms with Gasteiger partial charge in [0.2, 0.25) is 5.91 Å². The van der Waals surface area contributed by atoms with Gasteiger partial charge in [-0.3, -0.25) is 4.79 Å². The van der Waals surface area contributed by atoms with Crippen LogP contribution in [-0.2, 0) is 4.79 Å². The third-order valence-electron chi connectivity index (χ3n) is 4.37. The number of benzene rings is 1. The van der Waals surface area contributed by atoms with Gasteiger partial charge in [-0.15, -0.1) is 0 Å². The molecule has 1 aromatic carbocycles. The Morgan fingerprint density at radius 1 is 1.33 bits per heavy atom. The lowest BCUT2D eigenvalue weighted by atomic mass is 9.79. The van der Waals surface area contributed by atoms with Gasteiger partial charge in [0.05, 0.1) is 5.69 Å². The summed E-state index contributed by atoms with van der Waals surface area (Å²) in [6.07, 6.45) is 8.40. The van der Waals surface area contributed by atoms with E-state index in [4.69, 9.17) is 11.6 Å². The fraction of sp³-hybridized carbons (Fsp3) is 0.588. The molecule has 0 heterocycles. The summed E-state index contributed by atoms with van der Waals surface area (Å²) >= 11 is 8.15. The largest absolute Gasteiger partial charge is 0.325 e. The summed E-state index contributed by atoms with van der Waals surface area (Å²) in [4.78, 5) is 12.4. The van der Waals surface area contributed by atoms with E-state index in [0.717, 1.165) is 28.0 Å². The zero-order valence-corrected chi connectivity index (χ0v) is 15.4. The summed E-state index contributed by atoms with van der Waals surface area (Å²) in [5.41, 5.74) is 0.873. The van der Waals surface area contributed by atoms with Gasteiger partial charge in [0.15, 0.2) is 0 Å². The minimum atomic E-state index is 0.171. The molecule has 0 saturated heterocycles. The molecule has 1 aliphatic rings. The quantitative estimate of drug-likeness (QED) is 0.593. The van der Waals surface area contributed by atoms with Gasteiger partial charge in [0.25, 0.3) is 0 Å². The Balaban J connectivity index is 1.84. The highest BCUT2D eigenvalue weighted by molar-refractivity contribution is 14.1. The SMILES string of the molecule is CCCCC1CCC(C(=O)Nc2ccc(Cl)cc2I)CC1. The molecule has 1 saturated carbocycles. The molecule has 4 heteroatoms. The van der Waals surface area contributed by atoms with Gasteiger partial charge in [0, 0.05) is 14.5 Å². The molecule has 0 bridgehead atoms. The smallest absolute Gasteiger partial charge is 0.227 e. The predicted molar refractivity (Wildman–Crippen MR) is 97.8 cm³/mol. The molecule has 2 nitrogen and oxygen atoms in total. The second-order valence-corrected chi connectivity index (χ2v) is 7.57. The van der Waals surface area contributed by atoms with E-state index in [9.17, 15) is 4.79 Å². The lowest BCUT2D eigenvalue weighted by Gasteiger charge is -2.27. The summed E-state index contributed by atoms with van der Waals surface area (Å²) in [5, 5.41) is 3.76. The van der Waals surface area contributed by atoms with Crippen LogP contribution in [0.1, 0.15) is 51.9 Å². The van der Waals surface area contributed by atoms with E-state index in [1.54, 1.807) is 0 Å². The van der Waals surface area contributed by atoms with Crippen LogP contribution in [0.2, 0.25) is 5.02 Å². The fourth-order valence-electron chi connectivity index (χ4n) is 3.03. The standard InChI is InChI=1S/C17H23ClINO/c1-2-3-4-12-5-7-13(8-6-12)17(21)20-16-10-9-14(18)11-15(16)19/h9-13H,2-8H2,1H3,(H,20,21). The molecule has 0 aromatic heterocycles. The van der Waals surface area contributed by atoms with Crippen molar-refractivity contribution in [1.82, 2.24) is 0 Å². The average molecular weight is 420 g/mol. The maximum atomic E-state index is 12.4. The number of amides is 1. The highest BCUT2D eigenvalue weighted by atomic mass is 127. The van der Waals surface area contributed by atoms with E-state index in [-0.39, 0.29) is 11.8 Å². The number of carbonyl (C=O) groups excluding carboxylic acids is 1. The second kappa shape index (κ2) is 8.37. The predicted octanol–water partition coefficient (Wildman–Crippen LogP) is 5.88. The van der Waals surface area contributed by atoms with Crippen LogP contribution in [0.15, 0.2) is 18.2 Å². The van der Waals surface area contributed by atoms with Crippen molar-refractivity contribution < 1.29 is 4.79 Å².